The zero-order valence-electron chi connectivity index (χ0n) is 21.3. The average molecular weight is 488 g/mol. The molecule has 10 heteroatoms. The fourth-order valence-corrected chi connectivity index (χ4v) is 4.87. The number of hydrogen-bond donors (Lipinski definition) is 2. The standard InChI is InChI=1S/C26H33N9O/c1-17-14-20(35(32-17)26(2,3)4)29-21(36)15-34-16-28-22-23(30-25(27)31-24(22)34)33-12-10-19(11-13-33)18-8-6-5-7-9-18/h5-9,14,16,19H,10-13,15H2,1-4H3,(H,29,36)(H2,27,30,31). The van der Waals surface area contributed by atoms with Gasteiger partial charge < -0.3 is 20.5 Å². The number of piperidine rings is 1. The van der Waals surface area contributed by atoms with Gasteiger partial charge in [-0.05, 0) is 52.0 Å². The number of nitrogens with two attached hydrogens (primary N) is 1. The highest BCUT2D eigenvalue weighted by atomic mass is 16.2. The number of carbonyl (C=O) groups excluding carboxylic acids is 1. The van der Waals surface area contributed by atoms with Crippen molar-refractivity contribution in [1.82, 2.24) is 29.3 Å². The lowest BCUT2D eigenvalue weighted by atomic mass is 9.89. The van der Waals surface area contributed by atoms with Crippen LogP contribution in [0.1, 0.15) is 50.8 Å². The van der Waals surface area contributed by atoms with Crippen LogP contribution in [-0.2, 0) is 16.9 Å². The Balaban J connectivity index is 1.34. The number of rotatable bonds is 5. The van der Waals surface area contributed by atoms with Gasteiger partial charge in [0.15, 0.2) is 17.0 Å². The van der Waals surface area contributed by atoms with Crippen molar-refractivity contribution in [2.45, 2.75) is 58.5 Å². The smallest absolute Gasteiger partial charge is 0.245 e. The van der Waals surface area contributed by atoms with Crippen LogP contribution in [0.15, 0.2) is 42.7 Å². The zero-order valence-corrected chi connectivity index (χ0v) is 21.3. The van der Waals surface area contributed by atoms with E-state index in [2.05, 4.69) is 60.6 Å². The third-order valence-corrected chi connectivity index (χ3v) is 6.58. The number of aromatic nitrogens is 6. The molecule has 0 radical (unpaired) electrons. The summed E-state index contributed by atoms with van der Waals surface area (Å²) in [4.78, 5) is 28.7. The Morgan fingerprint density at radius 2 is 1.86 bits per heavy atom. The number of nitrogens with one attached hydrogen (secondary N) is 1. The van der Waals surface area contributed by atoms with Gasteiger partial charge in [-0.15, -0.1) is 0 Å². The van der Waals surface area contributed by atoms with E-state index < -0.39 is 0 Å². The summed E-state index contributed by atoms with van der Waals surface area (Å²) < 4.78 is 3.54. The summed E-state index contributed by atoms with van der Waals surface area (Å²) in [6, 6.07) is 12.5. The molecule has 1 aromatic carbocycles. The highest BCUT2D eigenvalue weighted by molar-refractivity contribution is 5.91. The summed E-state index contributed by atoms with van der Waals surface area (Å²) in [6.45, 7) is 9.80. The molecule has 188 valence electrons. The van der Waals surface area contributed by atoms with Crippen LogP contribution in [0.25, 0.3) is 11.2 Å². The molecule has 1 aliphatic heterocycles. The van der Waals surface area contributed by atoms with Crippen LogP contribution in [0, 0.1) is 6.92 Å². The van der Waals surface area contributed by atoms with Crippen molar-refractivity contribution >= 4 is 34.7 Å². The number of carbonyl (C=O) groups is 1. The quantitative estimate of drug-likeness (QED) is 0.440. The van der Waals surface area contributed by atoms with Gasteiger partial charge in [-0.25, -0.2) is 9.67 Å². The molecule has 36 heavy (non-hydrogen) atoms. The summed E-state index contributed by atoms with van der Waals surface area (Å²) in [5.41, 5.74) is 9.27. The van der Waals surface area contributed by atoms with Gasteiger partial charge in [0.25, 0.3) is 0 Å². The number of imidazole rings is 1. The lowest BCUT2D eigenvalue weighted by Gasteiger charge is -2.33. The Hall–Kier alpha value is -3.95. The number of aryl methyl sites for hydroxylation is 1. The molecule has 0 aliphatic carbocycles. The van der Waals surface area contributed by atoms with Crippen molar-refractivity contribution in [3.63, 3.8) is 0 Å². The largest absolute Gasteiger partial charge is 0.368 e. The van der Waals surface area contributed by atoms with Gasteiger partial charge in [0.2, 0.25) is 11.9 Å². The minimum absolute atomic E-state index is 0.0524. The van der Waals surface area contributed by atoms with Gasteiger partial charge >= 0.3 is 0 Å². The molecule has 3 N–H and O–H groups in total. The minimum atomic E-state index is -0.261. The van der Waals surface area contributed by atoms with E-state index in [1.807, 2.05) is 38.4 Å². The monoisotopic (exact) mass is 487 g/mol. The Morgan fingerprint density at radius 1 is 1.14 bits per heavy atom. The fraction of sp³-hybridized carbons (Fsp3) is 0.423. The zero-order chi connectivity index (χ0) is 25.4. The number of fused-ring (bicyclic) bond motifs is 1. The first-order chi connectivity index (χ1) is 17.2. The molecule has 4 heterocycles. The fourth-order valence-electron chi connectivity index (χ4n) is 4.87. The Labute approximate surface area is 210 Å². The molecule has 0 spiro atoms. The van der Waals surface area contributed by atoms with Gasteiger partial charge in [0, 0.05) is 19.2 Å². The first-order valence-corrected chi connectivity index (χ1v) is 12.3. The molecular weight excluding hydrogens is 454 g/mol. The second-order valence-corrected chi connectivity index (χ2v) is 10.4. The van der Waals surface area contributed by atoms with Crippen LogP contribution in [-0.4, -0.2) is 48.3 Å². The summed E-state index contributed by atoms with van der Waals surface area (Å²) in [7, 11) is 0. The average Bonchev–Trinajstić information content (AvgIpc) is 3.42. The van der Waals surface area contributed by atoms with Gasteiger partial charge in [-0.1, -0.05) is 30.3 Å². The van der Waals surface area contributed by atoms with E-state index in [1.165, 1.54) is 5.56 Å². The first kappa shape index (κ1) is 23.8. The molecule has 10 nitrogen and oxygen atoms in total. The van der Waals surface area contributed by atoms with E-state index in [0.29, 0.717) is 22.9 Å². The van der Waals surface area contributed by atoms with Crippen LogP contribution in [0.5, 0.6) is 0 Å². The molecule has 0 unspecified atom stereocenters. The van der Waals surface area contributed by atoms with E-state index in [9.17, 15) is 4.79 Å². The highest BCUT2D eigenvalue weighted by Gasteiger charge is 2.25. The van der Waals surface area contributed by atoms with Crippen molar-refractivity contribution in [3.8, 4) is 0 Å². The highest BCUT2D eigenvalue weighted by Crippen LogP contribution is 2.32. The van der Waals surface area contributed by atoms with Crippen LogP contribution in [0.3, 0.4) is 0 Å². The molecule has 0 bridgehead atoms. The maximum Gasteiger partial charge on any atom is 0.245 e. The van der Waals surface area contributed by atoms with Gasteiger partial charge in [-0.2, -0.15) is 15.1 Å². The van der Waals surface area contributed by atoms with Crippen molar-refractivity contribution in [2.24, 2.45) is 0 Å². The van der Waals surface area contributed by atoms with E-state index in [1.54, 1.807) is 10.9 Å². The molecule has 0 atom stereocenters. The number of hydrogen-bond acceptors (Lipinski definition) is 7. The number of nitrogen functional groups attached to an aromatic ring is 1. The normalized spacial score (nSPS) is 14.9. The van der Waals surface area contributed by atoms with Crippen molar-refractivity contribution < 1.29 is 4.79 Å². The number of nitrogens with zero attached hydrogens (tertiary/aromatic N) is 7. The molecule has 5 rings (SSSR count). The number of anilines is 3. The molecule has 1 fully saturated rings. The first-order valence-electron chi connectivity index (χ1n) is 12.3. The van der Waals surface area contributed by atoms with Crippen molar-refractivity contribution in [2.75, 3.05) is 29.0 Å². The van der Waals surface area contributed by atoms with Crippen LogP contribution < -0.4 is 16.0 Å². The summed E-state index contributed by atoms with van der Waals surface area (Å²) in [5.74, 6) is 1.90. The third-order valence-electron chi connectivity index (χ3n) is 6.58. The van der Waals surface area contributed by atoms with Gasteiger partial charge in [0.05, 0.1) is 17.6 Å². The lowest BCUT2D eigenvalue weighted by Crippen LogP contribution is -2.34. The molecular formula is C26H33N9O. The summed E-state index contributed by atoms with van der Waals surface area (Å²) in [5, 5.41) is 7.50. The predicted molar refractivity (Wildman–Crippen MR) is 141 cm³/mol. The van der Waals surface area contributed by atoms with E-state index in [-0.39, 0.29) is 23.9 Å². The SMILES string of the molecule is Cc1cc(NC(=O)Cn2cnc3c(N4CCC(c5ccccc5)CC4)nc(N)nc32)n(C(C)(C)C)n1. The maximum absolute atomic E-state index is 13.0. The number of amides is 1. The Bertz CT molecular complexity index is 1380. The Morgan fingerprint density at radius 3 is 2.56 bits per heavy atom. The van der Waals surface area contributed by atoms with Crippen molar-refractivity contribution in [3.05, 3.63) is 54.0 Å². The second-order valence-electron chi connectivity index (χ2n) is 10.4. The van der Waals surface area contributed by atoms with Crippen LogP contribution in [0.2, 0.25) is 0 Å². The Kier molecular flexibility index (Phi) is 6.11. The molecule has 4 aromatic rings. The van der Waals surface area contributed by atoms with E-state index in [0.717, 1.165) is 37.4 Å². The summed E-state index contributed by atoms with van der Waals surface area (Å²) >= 11 is 0. The molecule has 1 saturated heterocycles. The third kappa shape index (κ3) is 4.75. The topological polar surface area (TPSA) is 120 Å². The molecule has 3 aromatic heterocycles. The van der Waals surface area contributed by atoms with Gasteiger partial charge in [0.1, 0.15) is 12.4 Å². The molecule has 1 aliphatic rings. The lowest BCUT2D eigenvalue weighted by molar-refractivity contribution is -0.116. The molecule has 0 saturated carbocycles. The van der Waals surface area contributed by atoms with E-state index >= 15 is 0 Å². The number of benzene rings is 1. The predicted octanol–water partition coefficient (Wildman–Crippen LogP) is 3.69. The van der Waals surface area contributed by atoms with Gasteiger partial charge in [-0.3, -0.25) is 4.79 Å². The second kappa shape index (κ2) is 9.25. The maximum atomic E-state index is 13.0. The van der Waals surface area contributed by atoms with Crippen LogP contribution in [0.4, 0.5) is 17.6 Å². The summed E-state index contributed by atoms with van der Waals surface area (Å²) in [6.07, 6.45) is 3.68. The van der Waals surface area contributed by atoms with E-state index in [4.69, 9.17) is 5.73 Å². The minimum Gasteiger partial charge on any atom is -0.368 e. The van der Waals surface area contributed by atoms with Crippen molar-refractivity contribution in [1.29, 1.82) is 0 Å². The molecule has 1 amide bonds. The van der Waals surface area contributed by atoms with Crippen LogP contribution >= 0.6 is 0 Å².